The van der Waals surface area contributed by atoms with Gasteiger partial charge in [0.2, 0.25) is 0 Å². The smallest absolute Gasteiger partial charge is 0.0704 e. The van der Waals surface area contributed by atoms with E-state index in [-0.39, 0.29) is 0 Å². The number of pyridine rings is 1. The summed E-state index contributed by atoms with van der Waals surface area (Å²) < 4.78 is 0. The monoisotopic (exact) mass is 282 g/mol. The molecule has 1 aliphatic carbocycles. The minimum atomic E-state index is 0.591. The Morgan fingerprint density at radius 1 is 1.14 bits per heavy atom. The first kappa shape index (κ1) is 14.5. The fraction of sp³-hybridized carbons (Fsp3) is 0.526. The zero-order valence-corrected chi connectivity index (χ0v) is 13.2. The van der Waals surface area contributed by atoms with E-state index < -0.39 is 0 Å². The molecular formula is C19H26N2. The van der Waals surface area contributed by atoms with Gasteiger partial charge < -0.3 is 5.32 Å². The molecule has 2 heteroatoms. The Hall–Kier alpha value is -1.41. The van der Waals surface area contributed by atoms with E-state index in [9.17, 15) is 0 Å². The third-order valence-corrected chi connectivity index (χ3v) is 4.83. The molecule has 0 spiro atoms. The van der Waals surface area contributed by atoms with Gasteiger partial charge >= 0.3 is 0 Å². The second-order valence-corrected chi connectivity index (χ2v) is 6.71. The average molecular weight is 282 g/mol. The zero-order chi connectivity index (χ0) is 14.7. The topological polar surface area (TPSA) is 24.9 Å². The molecule has 0 saturated heterocycles. The second kappa shape index (κ2) is 6.57. The van der Waals surface area contributed by atoms with Crippen LogP contribution in [0.15, 0.2) is 36.5 Å². The van der Waals surface area contributed by atoms with E-state index in [1.54, 1.807) is 0 Å². The molecule has 1 aromatic carbocycles. The molecule has 1 aromatic heterocycles. The van der Waals surface area contributed by atoms with Crippen molar-refractivity contribution in [2.24, 2.45) is 11.8 Å². The van der Waals surface area contributed by atoms with Crippen molar-refractivity contribution < 1.29 is 0 Å². The number of para-hydroxylation sites is 1. The van der Waals surface area contributed by atoms with Gasteiger partial charge in [0, 0.05) is 17.6 Å². The summed E-state index contributed by atoms with van der Waals surface area (Å²) in [6.07, 6.45) is 7.31. The van der Waals surface area contributed by atoms with Crippen molar-refractivity contribution in [1.29, 1.82) is 0 Å². The van der Waals surface area contributed by atoms with E-state index in [1.807, 2.05) is 6.20 Å². The highest BCUT2D eigenvalue weighted by Crippen LogP contribution is 2.35. The first-order valence-electron chi connectivity index (χ1n) is 8.30. The van der Waals surface area contributed by atoms with Crippen LogP contribution >= 0.6 is 0 Å². The van der Waals surface area contributed by atoms with Crippen molar-refractivity contribution in [2.45, 2.75) is 45.6 Å². The number of nitrogens with one attached hydrogen (secondary N) is 1. The van der Waals surface area contributed by atoms with Gasteiger partial charge in [0.1, 0.15) is 0 Å². The van der Waals surface area contributed by atoms with Gasteiger partial charge in [-0.2, -0.15) is 0 Å². The Morgan fingerprint density at radius 3 is 2.81 bits per heavy atom. The van der Waals surface area contributed by atoms with Gasteiger partial charge in [0.05, 0.1) is 5.52 Å². The predicted octanol–water partition coefficient (Wildman–Crippen LogP) is 4.19. The number of hydrogen-bond donors (Lipinski definition) is 1. The normalized spacial score (nSPS) is 22.2. The third-order valence-electron chi connectivity index (χ3n) is 4.83. The van der Waals surface area contributed by atoms with Crippen LogP contribution in [-0.4, -0.2) is 17.6 Å². The maximum absolute atomic E-state index is 4.48. The molecular weight excluding hydrogens is 256 g/mol. The van der Waals surface area contributed by atoms with Gasteiger partial charge in [-0.15, -0.1) is 0 Å². The van der Waals surface area contributed by atoms with E-state index >= 15 is 0 Å². The highest BCUT2D eigenvalue weighted by molar-refractivity contribution is 5.81. The van der Waals surface area contributed by atoms with Gasteiger partial charge in [-0.1, -0.05) is 38.5 Å². The number of fused-ring (bicyclic) bond motifs is 1. The summed E-state index contributed by atoms with van der Waals surface area (Å²) in [6.45, 7) is 5.64. The highest BCUT2D eigenvalue weighted by atomic mass is 14.9. The zero-order valence-electron chi connectivity index (χ0n) is 13.2. The number of aromatic nitrogens is 1. The number of benzene rings is 1. The van der Waals surface area contributed by atoms with Crippen LogP contribution in [0.1, 0.15) is 38.7 Å². The van der Waals surface area contributed by atoms with Crippen molar-refractivity contribution >= 4 is 10.9 Å². The summed E-state index contributed by atoms with van der Waals surface area (Å²) in [5.41, 5.74) is 2.60. The van der Waals surface area contributed by atoms with E-state index in [1.165, 1.54) is 43.2 Å². The average Bonchev–Trinajstić information content (AvgIpc) is 2.93. The molecule has 3 rings (SSSR count). The molecule has 1 aliphatic rings. The van der Waals surface area contributed by atoms with Crippen molar-refractivity contribution in [3.63, 3.8) is 0 Å². The first-order chi connectivity index (χ1) is 10.2. The summed E-state index contributed by atoms with van der Waals surface area (Å²) in [5, 5.41) is 4.96. The van der Waals surface area contributed by atoms with Gasteiger partial charge in [-0.25, -0.2) is 0 Å². The van der Waals surface area contributed by atoms with Crippen LogP contribution in [-0.2, 0) is 6.42 Å². The largest absolute Gasteiger partial charge is 0.314 e. The molecule has 21 heavy (non-hydrogen) atoms. The summed E-state index contributed by atoms with van der Waals surface area (Å²) in [5.74, 6) is 1.65. The molecule has 1 saturated carbocycles. The van der Waals surface area contributed by atoms with Gasteiger partial charge in [0.25, 0.3) is 0 Å². The Balaban J connectivity index is 1.75. The lowest BCUT2D eigenvalue weighted by Gasteiger charge is -2.22. The summed E-state index contributed by atoms with van der Waals surface area (Å²) in [4.78, 5) is 4.48. The maximum Gasteiger partial charge on any atom is 0.0704 e. The lowest BCUT2D eigenvalue weighted by Crippen LogP contribution is -2.31. The van der Waals surface area contributed by atoms with Crippen LogP contribution in [0.25, 0.3) is 10.9 Å². The molecule has 2 aromatic rings. The quantitative estimate of drug-likeness (QED) is 0.889. The van der Waals surface area contributed by atoms with Crippen LogP contribution in [0.4, 0.5) is 0 Å². The SMILES string of the molecule is CC(C)NCC1CCCC1Cc1ccnc2ccccc12. The number of rotatable bonds is 5. The van der Waals surface area contributed by atoms with Gasteiger partial charge in [0.15, 0.2) is 0 Å². The van der Waals surface area contributed by atoms with Crippen LogP contribution in [0, 0.1) is 11.8 Å². The third kappa shape index (κ3) is 3.44. The van der Waals surface area contributed by atoms with E-state index in [4.69, 9.17) is 0 Å². The fourth-order valence-corrected chi connectivity index (χ4v) is 3.65. The lowest BCUT2D eigenvalue weighted by atomic mass is 9.88. The first-order valence-corrected chi connectivity index (χ1v) is 8.30. The fourth-order valence-electron chi connectivity index (χ4n) is 3.65. The van der Waals surface area contributed by atoms with Crippen LogP contribution in [0.5, 0.6) is 0 Å². The Kier molecular flexibility index (Phi) is 4.54. The predicted molar refractivity (Wildman–Crippen MR) is 89.4 cm³/mol. The molecule has 2 nitrogen and oxygen atoms in total. The van der Waals surface area contributed by atoms with E-state index in [0.717, 1.165) is 17.4 Å². The minimum absolute atomic E-state index is 0.591. The second-order valence-electron chi connectivity index (χ2n) is 6.71. The van der Waals surface area contributed by atoms with Gasteiger partial charge in [-0.3, -0.25) is 4.98 Å². The molecule has 1 heterocycles. The summed E-state index contributed by atoms with van der Waals surface area (Å²) >= 11 is 0. The van der Waals surface area contributed by atoms with Crippen molar-refractivity contribution in [2.75, 3.05) is 6.54 Å². The standard InChI is InChI=1S/C19H26N2/c1-14(2)21-13-17-7-5-6-15(17)12-16-10-11-20-19-9-4-3-8-18(16)19/h3-4,8-11,14-15,17,21H,5-7,12-13H2,1-2H3. The molecule has 2 unspecified atom stereocenters. The van der Waals surface area contributed by atoms with Crippen LogP contribution in [0.2, 0.25) is 0 Å². The van der Waals surface area contributed by atoms with Crippen molar-refractivity contribution in [3.8, 4) is 0 Å². The maximum atomic E-state index is 4.48. The van der Waals surface area contributed by atoms with Gasteiger partial charge in [-0.05, 0) is 55.3 Å². The Bertz CT molecular complexity index is 586. The molecule has 0 aliphatic heterocycles. The lowest BCUT2D eigenvalue weighted by molar-refractivity contribution is 0.354. The minimum Gasteiger partial charge on any atom is -0.314 e. The summed E-state index contributed by atoms with van der Waals surface area (Å²) in [7, 11) is 0. The number of hydrogen-bond acceptors (Lipinski definition) is 2. The van der Waals surface area contributed by atoms with Crippen LogP contribution in [0.3, 0.4) is 0 Å². The van der Waals surface area contributed by atoms with E-state index in [2.05, 4.69) is 54.5 Å². The van der Waals surface area contributed by atoms with Crippen molar-refractivity contribution in [3.05, 3.63) is 42.1 Å². The Labute approximate surface area is 128 Å². The molecule has 1 fully saturated rings. The number of nitrogens with zero attached hydrogens (tertiary/aromatic N) is 1. The summed E-state index contributed by atoms with van der Waals surface area (Å²) in [6, 6.07) is 11.3. The van der Waals surface area contributed by atoms with E-state index in [0.29, 0.717) is 6.04 Å². The van der Waals surface area contributed by atoms with Crippen LogP contribution < -0.4 is 5.32 Å². The molecule has 2 atom stereocenters. The molecule has 0 radical (unpaired) electrons. The molecule has 112 valence electrons. The Morgan fingerprint density at radius 2 is 1.95 bits per heavy atom. The molecule has 0 amide bonds. The molecule has 0 bridgehead atoms. The molecule has 1 N–H and O–H groups in total. The van der Waals surface area contributed by atoms with Crippen molar-refractivity contribution in [1.82, 2.24) is 10.3 Å². The highest BCUT2D eigenvalue weighted by Gasteiger charge is 2.27.